The van der Waals surface area contributed by atoms with Gasteiger partial charge in [-0.1, -0.05) is 72.8 Å². The van der Waals surface area contributed by atoms with Gasteiger partial charge >= 0.3 is 0 Å². The minimum absolute atomic E-state index is 0.0359. The molecule has 3 aromatic carbocycles. The van der Waals surface area contributed by atoms with Gasteiger partial charge in [-0.05, 0) is 30.5 Å². The molecule has 1 atom stereocenters. The first-order chi connectivity index (χ1) is 17.3. The van der Waals surface area contributed by atoms with Gasteiger partial charge in [-0.3, -0.25) is 19.7 Å². The molecule has 0 saturated carbocycles. The van der Waals surface area contributed by atoms with Gasteiger partial charge in [-0.25, -0.2) is 0 Å². The Bertz CT molecular complexity index is 1140. The van der Waals surface area contributed by atoms with E-state index in [1.165, 1.54) is 23.9 Å². The smallest absolute Gasteiger partial charge is 0.269 e. The van der Waals surface area contributed by atoms with Crippen molar-refractivity contribution >= 4 is 29.3 Å². The number of nitrogens with zero attached hydrogens (tertiary/aromatic N) is 2. The van der Waals surface area contributed by atoms with Crippen LogP contribution in [0.1, 0.15) is 30.5 Å². The lowest BCUT2D eigenvalue weighted by atomic mass is 10.0. The Labute approximate surface area is 216 Å². The van der Waals surface area contributed by atoms with E-state index in [4.69, 9.17) is 0 Å². The number of carbonyl (C=O) groups excluding carboxylic acids is 2. The Morgan fingerprint density at radius 1 is 0.889 bits per heavy atom. The molecule has 0 heterocycles. The molecule has 0 bridgehead atoms. The van der Waals surface area contributed by atoms with Crippen molar-refractivity contribution in [3.63, 3.8) is 0 Å². The fraction of sp³-hybridized carbons (Fsp3) is 0.286. The van der Waals surface area contributed by atoms with Crippen molar-refractivity contribution in [2.75, 3.05) is 5.75 Å². The highest BCUT2D eigenvalue weighted by Crippen LogP contribution is 2.20. The van der Waals surface area contributed by atoms with Gasteiger partial charge in [0.2, 0.25) is 11.8 Å². The summed E-state index contributed by atoms with van der Waals surface area (Å²) in [5.41, 5.74) is 2.85. The maximum absolute atomic E-state index is 13.5. The van der Waals surface area contributed by atoms with Crippen LogP contribution in [-0.2, 0) is 28.3 Å². The van der Waals surface area contributed by atoms with Crippen LogP contribution in [0.2, 0.25) is 0 Å². The van der Waals surface area contributed by atoms with E-state index in [1.54, 1.807) is 17.0 Å². The molecule has 8 heteroatoms. The van der Waals surface area contributed by atoms with E-state index >= 15 is 0 Å². The molecule has 0 saturated heterocycles. The topological polar surface area (TPSA) is 92.6 Å². The summed E-state index contributed by atoms with van der Waals surface area (Å²) in [7, 11) is 0. The van der Waals surface area contributed by atoms with Gasteiger partial charge in [0.15, 0.2) is 0 Å². The number of hydrogen-bond acceptors (Lipinski definition) is 5. The molecule has 0 aliphatic heterocycles. The lowest BCUT2D eigenvalue weighted by Crippen LogP contribution is -2.52. The highest BCUT2D eigenvalue weighted by atomic mass is 32.2. The van der Waals surface area contributed by atoms with Crippen LogP contribution in [0.25, 0.3) is 0 Å². The van der Waals surface area contributed by atoms with Crippen molar-refractivity contribution in [3.8, 4) is 0 Å². The number of rotatable bonds is 12. The molecule has 0 unspecified atom stereocenters. The number of hydrogen-bond donors (Lipinski definition) is 1. The number of nitrogens with one attached hydrogen (secondary N) is 1. The second kappa shape index (κ2) is 13.4. The van der Waals surface area contributed by atoms with Gasteiger partial charge in [0.05, 0.1) is 10.7 Å². The van der Waals surface area contributed by atoms with E-state index in [-0.39, 0.29) is 29.3 Å². The standard InChI is InChI=1S/C28H31N3O4S/c1-21(2)29-28(33)26(17-22-9-5-3-6-10-22)30(18-23-11-7-4-8-12-23)27(32)20-36-19-24-13-15-25(16-14-24)31(34)35/h3-16,21,26H,17-20H2,1-2H3,(H,29,33)/t26-/m1/s1. The number of benzene rings is 3. The van der Waals surface area contributed by atoms with Gasteiger partial charge in [0.1, 0.15) is 6.04 Å². The third kappa shape index (κ3) is 8.23. The van der Waals surface area contributed by atoms with Gasteiger partial charge < -0.3 is 10.2 Å². The SMILES string of the molecule is CC(C)NC(=O)[C@@H](Cc1ccccc1)N(Cc1ccccc1)C(=O)CSCc1ccc([N+](=O)[O-])cc1. The van der Waals surface area contributed by atoms with E-state index in [0.717, 1.165) is 16.7 Å². The summed E-state index contributed by atoms with van der Waals surface area (Å²) in [6.07, 6.45) is 0.408. The van der Waals surface area contributed by atoms with Crippen molar-refractivity contribution in [1.29, 1.82) is 0 Å². The average Bonchev–Trinajstić information content (AvgIpc) is 2.87. The number of amides is 2. The van der Waals surface area contributed by atoms with Crippen molar-refractivity contribution < 1.29 is 14.5 Å². The summed E-state index contributed by atoms with van der Waals surface area (Å²) >= 11 is 1.42. The molecule has 188 valence electrons. The third-order valence-electron chi connectivity index (χ3n) is 5.54. The Morgan fingerprint density at radius 2 is 1.47 bits per heavy atom. The van der Waals surface area contributed by atoms with Crippen molar-refractivity contribution in [3.05, 3.63) is 112 Å². The normalized spacial score (nSPS) is 11.6. The zero-order chi connectivity index (χ0) is 25.9. The third-order valence-corrected chi connectivity index (χ3v) is 6.53. The zero-order valence-corrected chi connectivity index (χ0v) is 21.3. The van der Waals surface area contributed by atoms with Crippen molar-refractivity contribution in [1.82, 2.24) is 10.2 Å². The van der Waals surface area contributed by atoms with Gasteiger partial charge in [-0.2, -0.15) is 0 Å². The Kier molecular flexibility index (Phi) is 10.1. The first kappa shape index (κ1) is 26.9. The Balaban J connectivity index is 1.79. The van der Waals surface area contributed by atoms with Crippen LogP contribution < -0.4 is 5.32 Å². The van der Waals surface area contributed by atoms with E-state index in [1.807, 2.05) is 74.5 Å². The minimum atomic E-state index is -0.664. The van der Waals surface area contributed by atoms with E-state index in [9.17, 15) is 19.7 Å². The second-order valence-corrected chi connectivity index (χ2v) is 9.78. The zero-order valence-electron chi connectivity index (χ0n) is 20.5. The molecule has 0 aliphatic rings. The number of carbonyl (C=O) groups is 2. The Morgan fingerprint density at radius 3 is 2.03 bits per heavy atom. The molecular weight excluding hydrogens is 474 g/mol. The van der Waals surface area contributed by atoms with E-state index in [2.05, 4.69) is 5.32 Å². The fourth-order valence-electron chi connectivity index (χ4n) is 3.77. The molecule has 3 aromatic rings. The quantitative estimate of drug-likeness (QED) is 0.276. The van der Waals surface area contributed by atoms with Gasteiger partial charge in [-0.15, -0.1) is 11.8 Å². The number of non-ortho nitro benzene ring substituents is 1. The Hall–Kier alpha value is -3.65. The van der Waals surface area contributed by atoms with Crippen LogP contribution in [0.4, 0.5) is 5.69 Å². The summed E-state index contributed by atoms with van der Waals surface area (Å²) in [5, 5.41) is 13.9. The fourth-order valence-corrected chi connectivity index (χ4v) is 4.64. The predicted octanol–water partition coefficient (Wildman–Crippen LogP) is 4.99. The molecule has 0 fully saturated rings. The van der Waals surface area contributed by atoms with Crippen molar-refractivity contribution in [2.45, 2.75) is 44.6 Å². The number of nitro groups is 1. The van der Waals surface area contributed by atoms with Crippen LogP contribution in [-0.4, -0.2) is 39.5 Å². The molecule has 3 rings (SSSR count). The first-order valence-corrected chi connectivity index (χ1v) is 13.0. The minimum Gasteiger partial charge on any atom is -0.352 e. The van der Waals surface area contributed by atoms with Crippen LogP contribution >= 0.6 is 11.8 Å². The maximum Gasteiger partial charge on any atom is 0.269 e. The average molecular weight is 506 g/mol. The van der Waals surface area contributed by atoms with E-state index < -0.39 is 11.0 Å². The molecule has 2 amide bonds. The molecule has 7 nitrogen and oxygen atoms in total. The highest BCUT2D eigenvalue weighted by molar-refractivity contribution is 7.99. The van der Waals surface area contributed by atoms with Crippen molar-refractivity contribution in [2.24, 2.45) is 0 Å². The maximum atomic E-state index is 13.5. The summed E-state index contributed by atoms with van der Waals surface area (Å²) in [6.45, 7) is 4.13. The largest absolute Gasteiger partial charge is 0.352 e. The number of thioether (sulfide) groups is 1. The molecule has 0 spiro atoms. The summed E-state index contributed by atoms with van der Waals surface area (Å²) < 4.78 is 0. The monoisotopic (exact) mass is 505 g/mol. The molecule has 36 heavy (non-hydrogen) atoms. The lowest BCUT2D eigenvalue weighted by molar-refractivity contribution is -0.384. The van der Waals surface area contributed by atoms with Crippen LogP contribution in [0.15, 0.2) is 84.9 Å². The molecule has 0 aromatic heterocycles. The van der Waals surface area contributed by atoms with Gasteiger partial charge in [0, 0.05) is 36.9 Å². The molecule has 0 aliphatic carbocycles. The van der Waals surface area contributed by atoms with Gasteiger partial charge in [0.25, 0.3) is 5.69 Å². The second-order valence-electron chi connectivity index (χ2n) is 8.79. The highest BCUT2D eigenvalue weighted by Gasteiger charge is 2.30. The molecule has 1 N–H and O–H groups in total. The predicted molar refractivity (Wildman–Crippen MR) is 143 cm³/mol. The summed E-state index contributed by atoms with van der Waals surface area (Å²) in [6, 6.07) is 25.0. The van der Waals surface area contributed by atoms with Crippen LogP contribution in [0.5, 0.6) is 0 Å². The lowest BCUT2D eigenvalue weighted by Gasteiger charge is -2.32. The molecular formula is C28H31N3O4S. The van der Waals surface area contributed by atoms with Crippen LogP contribution in [0, 0.1) is 10.1 Å². The summed E-state index contributed by atoms with van der Waals surface area (Å²) in [4.78, 5) is 39.0. The number of nitro benzene ring substituents is 1. The first-order valence-electron chi connectivity index (χ1n) is 11.8. The summed E-state index contributed by atoms with van der Waals surface area (Å²) in [5.74, 6) is 0.401. The molecule has 0 radical (unpaired) electrons. The van der Waals surface area contributed by atoms with E-state index in [0.29, 0.717) is 18.7 Å². The van der Waals surface area contributed by atoms with Crippen LogP contribution in [0.3, 0.4) is 0 Å².